The van der Waals surface area contributed by atoms with E-state index in [-0.39, 0.29) is 29.4 Å². The second-order valence-corrected chi connectivity index (χ2v) is 9.49. The number of nitrogens with zero attached hydrogens (tertiary/aromatic N) is 4. The summed E-state index contributed by atoms with van der Waals surface area (Å²) < 4.78 is 19.3. The van der Waals surface area contributed by atoms with Crippen LogP contribution in [0.3, 0.4) is 0 Å². The minimum Gasteiger partial charge on any atom is -0.494 e. The fourth-order valence-electron chi connectivity index (χ4n) is 3.99. The average Bonchev–Trinajstić information content (AvgIpc) is 3.18. The molecule has 1 aliphatic heterocycles. The van der Waals surface area contributed by atoms with E-state index in [1.807, 2.05) is 0 Å². The van der Waals surface area contributed by atoms with Gasteiger partial charge in [-0.25, -0.2) is 4.39 Å². The molecular weight excluding hydrogens is 461 g/mol. The first-order valence-electron chi connectivity index (χ1n) is 11.3. The van der Waals surface area contributed by atoms with Gasteiger partial charge in [-0.15, -0.1) is 0 Å². The molecule has 10 nitrogen and oxygen atoms in total. The van der Waals surface area contributed by atoms with Crippen LogP contribution in [0.5, 0.6) is 5.75 Å². The van der Waals surface area contributed by atoms with Gasteiger partial charge in [0.1, 0.15) is 5.25 Å². The molecule has 182 valence electrons. The monoisotopic (exact) mass is 489 g/mol. The van der Waals surface area contributed by atoms with Crippen LogP contribution in [0, 0.1) is 11.7 Å². The minimum absolute atomic E-state index is 0.145. The predicted octanol–water partition coefficient (Wildman–Crippen LogP) is 3.54. The van der Waals surface area contributed by atoms with E-state index >= 15 is 0 Å². The quantitative estimate of drug-likeness (QED) is 0.482. The lowest BCUT2D eigenvalue weighted by molar-refractivity contribution is -0.118. The number of benzene rings is 1. The first-order chi connectivity index (χ1) is 16.4. The van der Waals surface area contributed by atoms with E-state index < -0.39 is 11.1 Å². The van der Waals surface area contributed by atoms with Crippen molar-refractivity contribution in [2.45, 2.75) is 37.4 Å². The molecule has 2 fully saturated rings. The third kappa shape index (κ3) is 5.85. The van der Waals surface area contributed by atoms with Crippen molar-refractivity contribution in [3.05, 3.63) is 24.0 Å². The number of hydrogen-bond acceptors (Lipinski definition) is 10. The number of rotatable bonds is 9. The average molecular weight is 490 g/mol. The van der Waals surface area contributed by atoms with Crippen LogP contribution in [0.1, 0.15) is 32.1 Å². The molecule has 1 saturated carbocycles. The number of nitrogens with one attached hydrogen (secondary N) is 3. The molecular formula is C22H28FN7O3S. The maximum Gasteiger partial charge on any atom is 0.286 e. The molecule has 2 heterocycles. The van der Waals surface area contributed by atoms with Gasteiger partial charge in [-0.1, -0.05) is 19.3 Å². The Labute approximate surface area is 201 Å². The van der Waals surface area contributed by atoms with E-state index in [4.69, 9.17) is 4.74 Å². The Bertz CT molecular complexity index is 1050. The van der Waals surface area contributed by atoms with Gasteiger partial charge in [-0.05, 0) is 42.7 Å². The molecule has 2 amide bonds. The van der Waals surface area contributed by atoms with Gasteiger partial charge in [-0.2, -0.15) is 15.0 Å². The number of amides is 2. The zero-order valence-electron chi connectivity index (χ0n) is 19.1. The third-order valence-electron chi connectivity index (χ3n) is 5.93. The number of imide groups is 1. The molecule has 2 aliphatic rings. The van der Waals surface area contributed by atoms with E-state index in [0.717, 1.165) is 18.3 Å². The summed E-state index contributed by atoms with van der Waals surface area (Å²) in [5, 5.41) is 7.67. The van der Waals surface area contributed by atoms with Crippen LogP contribution in [0.4, 0.5) is 32.7 Å². The lowest BCUT2D eigenvalue weighted by atomic mass is 9.89. The summed E-state index contributed by atoms with van der Waals surface area (Å²) in [7, 11) is 3.14. The number of aromatic nitrogens is 3. The summed E-state index contributed by atoms with van der Waals surface area (Å²) in [6, 6.07) is 4.59. The van der Waals surface area contributed by atoms with Gasteiger partial charge in [0.25, 0.3) is 5.24 Å². The molecule has 0 radical (unpaired) electrons. The highest BCUT2D eigenvalue weighted by molar-refractivity contribution is 8.15. The number of thioether (sulfide) groups is 1. The number of methoxy groups -OCH3 is 1. The van der Waals surface area contributed by atoms with Crippen LogP contribution in [-0.4, -0.2) is 58.6 Å². The van der Waals surface area contributed by atoms with Crippen LogP contribution in [-0.2, 0) is 4.79 Å². The van der Waals surface area contributed by atoms with Crippen LogP contribution >= 0.6 is 11.8 Å². The molecule has 4 rings (SSSR count). The van der Waals surface area contributed by atoms with Crippen molar-refractivity contribution < 1.29 is 18.7 Å². The van der Waals surface area contributed by atoms with E-state index in [1.165, 1.54) is 51.3 Å². The molecule has 2 aromatic rings. The molecule has 34 heavy (non-hydrogen) atoms. The van der Waals surface area contributed by atoms with Crippen molar-refractivity contribution >= 4 is 46.4 Å². The molecule has 1 aromatic carbocycles. The molecule has 0 spiro atoms. The maximum atomic E-state index is 14.3. The summed E-state index contributed by atoms with van der Waals surface area (Å²) in [4.78, 5) is 38.4. The van der Waals surface area contributed by atoms with Gasteiger partial charge in [0.2, 0.25) is 23.8 Å². The Morgan fingerprint density at radius 1 is 1.12 bits per heavy atom. The Morgan fingerprint density at radius 3 is 2.44 bits per heavy atom. The highest BCUT2D eigenvalue weighted by Gasteiger charge is 2.31. The van der Waals surface area contributed by atoms with Crippen molar-refractivity contribution in [1.29, 1.82) is 0 Å². The van der Waals surface area contributed by atoms with Crippen molar-refractivity contribution in [2.24, 2.45) is 5.92 Å². The first-order valence-corrected chi connectivity index (χ1v) is 12.1. The van der Waals surface area contributed by atoms with Crippen LogP contribution < -0.4 is 25.6 Å². The lowest BCUT2D eigenvalue weighted by Crippen LogP contribution is -2.29. The maximum absolute atomic E-state index is 14.3. The minimum atomic E-state index is -0.570. The standard InChI is InChI=1S/C22H28FN7O3S/c1-30(14-8-9-16(33-2)15(23)10-14)21-28-19(24-11-13-6-4-3-5-7-13)27-20(29-21)25-12-17-18(31)26-22(32)34-17/h8-10,13,17H,3-7,11-12H2,1-2H3,(H,26,31,32)(H2,24,25,27,28,29). The second-order valence-electron chi connectivity index (χ2n) is 8.31. The first kappa shape index (κ1) is 24.0. The summed E-state index contributed by atoms with van der Waals surface area (Å²) in [5.41, 5.74) is 0.532. The van der Waals surface area contributed by atoms with Crippen molar-refractivity contribution in [3.8, 4) is 5.75 Å². The predicted molar refractivity (Wildman–Crippen MR) is 129 cm³/mol. The Morgan fingerprint density at radius 2 is 1.82 bits per heavy atom. The van der Waals surface area contributed by atoms with Gasteiger partial charge < -0.3 is 20.3 Å². The van der Waals surface area contributed by atoms with Crippen LogP contribution in [0.15, 0.2) is 18.2 Å². The zero-order chi connectivity index (χ0) is 24.1. The molecule has 1 atom stereocenters. The van der Waals surface area contributed by atoms with E-state index in [0.29, 0.717) is 23.5 Å². The number of halogens is 1. The normalized spacial score (nSPS) is 18.5. The highest BCUT2D eigenvalue weighted by Crippen LogP contribution is 2.28. The van der Waals surface area contributed by atoms with Crippen LogP contribution in [0.25, 0.3) is 0 Å². The highest BCUT2D eigenvalue weighted by atomic mass is 32.2. The number of carbonyl (C=O) groups excluding carboxylic acids is 2. The lowest BCUT2D eigenvalue weighted by Gasteiger charge is -2.23. The Kier molecular flexibility index (Phi) is 7.66. The van der Waals surface area contributed by atoms with Gasteiger partial charge in [0, 0.05) is 31.9 Å². The largest absolute Gasteiger partial charge is 0.494 e. The van der Waals surface area contributed by atoms with Gasteiger partial charge in [0.05, 0.1) is 7.11 Å². The summed E-state index contributed by atoms with van der Waals surface area (Å²) in [6.45, 7) is 0.924. The Hall–Kier alpha value is -3.15. The van der Waals surface area contributed by atoms with Crippen molar-refractivity contribution in [2.75, 3.05) is 42.8 Å². The fourth-order valence-corrected chi connectivity index (χ4v) is 4.74. The van der Waals surface area contributed by atoms with Gasteiger partial charge >= 0.3 is 0 Å². The molecule has 1 saturated heterocycles. The van der Waals surface area contributed by atoms with Crippen molar-refractivity contribution in [3.63, 3.8) is 0 Å². The van der Waals surface area contributed by atoms with Gasteiger partial charge in [0.15, 0.2) is 11.6 Å². The van der Waals surface area contributed by atoms with Gasteiger partial charge in [-0.3, -0.25) is 14.9 Å². The van der Waals surface area contributed by atoms with Crippen LogP contribution in [0.2, 0.25) is 0 Å². The second kappa shape index (κ2) is 10.9. The molecule has 0 bridgehead atoms. The SMILES string of the molecule is COc1ccc(N(C)c2nc(NCC3CCCCC3)nc(NCC3SC(=O)NC3=O)n2)cc1F. The Balaban J connectivity index is 1.54. The third-order valence-corrected chi connectivity index (χ3v) is 6.91. The fraction of sp³-hybridized carbons (Fsp3) is 0.500. The van der Waals surface area contributed by atoms with E-state index in [9.17, 15) is 14.0 Å². The molecule has 12 heteroatoms. The summed E-state index contributed by atoms with van der Waals surface area (Å²) in [6.07, 6.45) is 6.08. The number of anilines is 4. The van der Waals surface area contributed by atoms with Crippen molar-refractivity contribution in [1.82, 2.24) is 20.3 Å². The molecule has 3 N–H and O–H groups in total. The number of carbonyl (C=O) groups is 2. The smallest absolute Gasteiger partial charge is 0.286 e. The zero-order valence-corrected chi connectivity index (χ0v) is 20.0. The topological polar surface area (TPSA) is 121 Å². The summed E-state index contributed by atoms with van der Waals surface area (Å²) in [5.74, 6) is 0.799. The number of hydrogen-bond donors (Lipinski definition) is 3. The molecule has 1 unspecified atom stereocenters. The van der Waals surface area contributed by atoms with E-state index in [1.54, 1.807) is 18.0 Å². The molecule has 1 aliphatic carbocycles. The van der Waals surface area contributed by atoms with E-state index in [2.05, 4.69) is 30.9 Å². The number of ether oxygens (including phenoxy) is 1. The molecule has 1 aromatic heterocycles. The summed E-state index contributed by atoms with van der Waals surface area (Å²) >= 11 is 0.926.